The number of thioether (sulfide) groups is 1. The number of fused-ring (bicyclic) bond motifs is 2. The molecule has 0 saturated carbocycles. The van der Waals surface area contributed by atoms with Gasteiger partial charge in [0.2, 0.25) is 5.91 Å². The Bertz CT molecular complexity index is 1640. The number of amides is 1. The molecule has 1 amide bonds. The molecule has 3 aromatic heterocycles. The molecule has 0 bridgehead atoms. The number of hydrogen-bond donors (Lipinski definition) is 1. The van der Waals surface area contributed by atoms with Gasteiger partial charge in [-0.15, -0.1) is 0 Å². The molecule has 0 spiro atoms. The molecule has 1 aliphatic heterocycles. The number of halogens is 3. The van der Waals surface area contributed by atoms with E-state index < -0.39 is 17.3 Å². The molecule has 1 aliphatic rings. The van der Waals surface area contributed by atoms with Gasteiger partial charge in [0, 0.05) is 30.5 Å². The van der Waals surface area contributed by atoms with Crippen molar-refractivity contribution in [1.82, 2.24) is 34.2 Å². The lowest BCUT2D eigenvalue weighted by atomic mass is 10.1. The molecule has 1 atom stereocenters. The van der Waals surface area contributed by atoms with Crippen molar-refractivity contribution in [2.75, 3.05) is 12.3 Å². The fourth-order valence-corrected chi connectivity index (χ4v) is 5.51. The van der Waals surface area contributed by atoms with E-state index in [4.69, 9.17) is 0 Å². The van der Waals surface area contributed by atoms with Gasteiger partial charge >= 0.3 is 6.18 Å². The summed E-state index contributed by atoms with van der Waals surface area (Å²) in [5, 5.41) is 7.81. The highest BCUT2D eigenvalue weighted by Gasteiger charge is 2.30. The van der Waals surface area contributed by atoms with Crippen LogP contribution in [0.3, 0.4) is 0 Å². The summed E-state index contributed by atoms with van der Waals surface area (Å²) in [6, 6.07) is 5.94. The monoisotopic (exact) mass is 545 g/mol. The van der Waals surface area contributed by atoms with Crippen molar-refractivity contribution in [2.45, 2.75) is 43.8 Å². The highest BCUT2D eigenvalue weighted by molar-refractivity contribution is 7.99. The van der Waals surface area contributed by atoms with Gasteiger partial charge in [-0.05, 0) is 24.6 Å². The number of benzene rings is 1. The molecule has 0 aliphatic carbocycles. The van der Waals surface area contributed by atoms with E-state index in [-0.39, 0.29) is 48.9 Å². The average Bonchev–Trinajstić information content (AvgIpc) is 3.45. The Morgan fingerprint density at radius 1 is 1.24 bits per heavy atom. The van der Waals surface area contributed by atoms with Gasteiger partial charge in [-0.3, -0.25) is 23.5 Å². The number of rotatable bonds is 7. The van der Waals surface area contributed by atoms with Crippen LogP contribution in [-0.2, 0) is 24.1 Å². The van der Waals surface area contributed by atoms with E-state index in [2.05, 4.69) is 20.4 Å². The van der Waals surface area contributed by atoms with Gasteiger partial charge in [0.1, 0.15) is 11.7 Å². The van der Waals surface area contributed by atoms with Crippen molar-refractivity contribution in [3.63, 3.8) is 0 Å². The Hall–Kier alpha value is -3.94. The molecule has 4 heterocycles. The van der Waals surface area contributed by atoms with E-state index in [0.717, 1.165) is 12.1 Å². The average molecular weight is 546 g/mol. The van der Waals surface area contributed by atoms with Gasteiger partial charge in [0.25, 0.3) is 11.1 Å². The van der Waals surface area contributed by atoms with Crippen LogP contribution >= 0.6 is 11.8 Å². The van der Waals surface area contributed by atoms with Crippen molar-refractivity contribution in [3.8, 4) is 0 Å². The fraction of sp³-hybridized carbons (Fsp3) is 0.333. The Morgan fingerprint density at radius 2 is 2.05 bits per heavy atom. The van der Waals surface area contributed by atoms with E-state index in [0.29, 0.717) is 27.8 Å². The van der Waals surface area contributed by atoms with Crippen LogP contribution in [0.2, 0.25) is 0 Å². The number of nitrogens with zero attached hydrogens (tertiary/aromatic N) is 6. The van der Waals surface area contributed by atoms with E-state index in [1.807, 2.05) is 0 Å². The molecular weight excluding hydrogens is 523 g/mol. The normalized spacial score (nSPS) is 15.1. The second-order valence-corrected chi connectivity index (χ2v) is 9.88. The van der Waals surface area contributed by atoms with Crippen LogP contribution in [0.1, 0.15) is 29.3 Å². The van der Waals surface area contributed by atoms with Crippen molar-refractivity contribution in [2.24, 2.45) is 0 Å². The van der Waals surface area contributed by atoms with E-state index >= 15 is 0 Å². The van der Waals surface area contributed by atoms with Crippen LogP contribution in [-0.4, -0.2) is 47.1 Å². The molecule has 0 radical (unpaired) electrons. The molecule has 1 aromatic carbocycles. The third-order valence-electron chi connectivity index (χ3n) is 6.11. The number of hydrogen-bond acceptors (Lipinski definition) is 7. The summed E-state index contributed by atoms with van der Waals surface area (Å²) in [7, 11) is 0. The SMILES string of the molecule is Cc1cc(=O)n2c(n1)SCC2CC(=O)NCCn1ncc2c(=O)n(Cc3cccc(C(F)(F)F)c3)cnc21. The standard InChI is InChI=1S/C24H22F3N7O3S/c1-14-7-20(36)34-17(12-38-23(34)31-14)9-19(35)28-5-6-33-21-18(10-30-33)22(37)32(13-29-21)11-15-3-2-4-16(8-15)24(25,26)27/h2-4,7-8,10,13,17H,5-6,9,11-12H2,1H3,(H,28,35). The molecule has 10 nitrogen and oxygen atoms in total. The molecule has 38 heavy (non-hydrogen) atoms. The zero-order chi connectivity index (χ0) is 27.0. The Balaban J connectivity index is 1.22. The molecule has 5 rings (SSSR count). The van der Waals surface area contributed by atoms with Gasteiger partial charge in [0.05, 0.1) is 30.9 Å². The maximum atomic E-state index is 13.0. The van der Waals surface area contributed by atoms with Crippen LogP contribution in [0, 0.1) is 6.92 Å². The zero-order valence-corrected chi connectivity index (χ0v) is 20.9. The van der Waals surface area contributed by atoms with Crippen LogP contribution in [0.4, 0.5) is 13.2 Å². The second kappa shape index (κ2) is 10.1. The topological polar surface area (TPSA) is 117 Å². The lowest BCUT2D eigenvalue weighted by Gasteiger charge is -2.13. The number of carbonyl (C=O) groups is 1. The lowest BCUT2D eigenvalue weighted by molar-refractivity contribution is -0.137. The summed E-state index contributed by atoms with van der Waals surface area (Å²) >= 11 is 1.44. The number of aryl methyl sites for hydroxylation is 1. The molecule has 1 unspecified atom stereocenters. The summed E-state index contributed by atoms with van der Waals surface area (Å²) in [4.78, 5) is 46.3. The second-order valence-electron chi connectivity index (χ2n) is 8.89. The molecule has 4 aromatic rings. The molecular formula is C24H22F3N7O3S. The highest BCUT2D eigenvalue weighted by Crippen LogP contribution is 2.32. The first kappa shape index (κ1) is 25.7. The Morgan fingerprint density at radius 3 is 2.84 bits per heavy atom. The maximum absolute atomic E-state index is 13.0. The first-order valence-corrected chi connectivity index (χ1v) is 12.7. The summed E-state index contributed by atoms with van der Waals surface area (Å²) in [5.41, 5.74) is -0.145. The first-order chi connectivity index (χ1) is 18.1. The maximum Gasteiger partial charge on any atom is 0.416 e. The van der Waals surface area contributed by atoms with Crippen LogP contribution in [0.5, 0.6) is 0 Å². The minimum atomic E-state index is -4.48. The zero-order valence-electron chi connectivity index (χ0n) is 20.1. The third kappa shape index (κ3) is 5.21. The predicted molar refractivity (Wildman–Crippen MR) is 133 cm³/mol. The van der Waals surface area contributed by atoms with Crippen molar-refractivity contribution >= 4 is 28.7 Å². The highest BCUT2D eigenvalue weighted by atomic mass is 32.2. The summed E-state index contributed by atoms with van der Waals surface area (Å²) in [5.74, 6) is 0.350. The fourth-order valence-electron chi connectivity index (χ4n) is 4.32. The van der Waals surface area contributed by atoms with Crippen LogP contribution in [0.25, 0.3) is 11.0 Å². The van der Waals surface area contributed by atoms with Gasteiger partial charge in [-0.1, -0.05) is 23.9 Å². The van der Waals surface area contributed by atoms with Gasteiger partial charge in [0.15, 0.2) is 10.8 Å². The molecule has 0 fully saturated rings. The summed E-state index contributed by atoms with van der Waals surface area (Å²) < 4.78 is 43.3. The minimum Gasteiger partial charge on any atom is -0.354 e. The first-order valence-electron chi connectivity index (χ1n) is 11.7. The number of alkyl halides is 3. The molecule has 14 heteroatoms. The van der Waals surface area contributed by atoms with Gasteiger partial charge in [-0.2, -0.15) is 18.3 Å². The summed E-state index contributed by atoms with van der Waals surface area (Å²) in [6.45, 7) is 2.14. The molecule has 0 saturated heterocycles. The predicted octanol–water partition coefficient (Wildman–Crippen LogP) is 2.38. The molecule has 198 valence electrons. The largest absolute Gasteiger partial charge is 0.416 e. The quantitative estimate of drug-likeness (QED) is 0.355. The van der Waals surface area contributed by atoms with Gasteiger partial charge < -0.3 is 5.32 Å². The Labute approximate surface area is 217 Å². The third-order valence-corrected chi connectivity index (χ3v) is 7.21. The van der Waals surface area contributed by atoms with Crippen LogP contribution in [0.15, 0.2) is 57.6 Å². The lowest BCUT2D eigenvalue weighted by Crippen LogP contribution is -2.32. The van der Waals surface area contributed by atoms with Crippen molar-refractivity contribution < 1.29 is 18.0 Å². The smallest absolute Gasteiger partial charge is 0.354 e. The van der Waals surface area contributed by atoms with E-state index in [1.54, 1.807) is 11.5 Å². The van der Waals surface area contributed by atoms with Crippen molar-refractivity contribution in [1.29, 1.82) is 0 Å². The van der Waals surface area contributed by atoms with Gasteiger partial charge in [-0.25, -0.2) is 14.6 Å². The molecule has 1 N–H and O–H groups in total. The van der Waals surface area contributed by atoms with Crippen molar-refractivity contribution in [3.05, 3.63) is 80.4 Å². The van der Waals surface area contributed by atoms with E-state index in [1.165, 1.54) is 51.7 Å². The number of carbonyl (C=O) groups excluding carboxylic acids is 1. The Kier molecular flexibility index (Phi) is 6.82. The summed E-state index contributed by atoms with van der Waals surface area (Å²) in [6.07, 6.45) is -1.73. The number of nitrogens with one attached hydrogen (secondary N) is 1. The van der Waals surface area contributed by atoms with E-state index in [9.17, 15) is 27.6 Å². The number of aromatic nitrogens is 6. The van der Waals surface area contributed by atoms with Crippen LogP contribution < -0.4 is 16.4 Å². The minimum absolute atomic E-state index is 0.0757.